The van der Waals surface area contributed by atoms with Crippen molar-refractivity contribution in [1.82, 2.24) is 14.7 Å². The lowest BCUT2D eigenvalue weighted by Crippen LogP contribution is -2.48. The van der Waals surface area contributed by atoms with Crippen molar-refractivity contribution in [2.75, 3.05) is 136 Å². The van der Waals surface area contributed by atoms with Gasteiger partial charge >= 0.3 is 10.1 Å². The van der Waals surface area contributed by atoms with Crippen LogP contribution in [0.25, 0.3) is 33.4 Å². The molecule has 1 amide bonds. The number of hydrogen-bond donors (Lipinski definition) is 4. The molecule has 0 unspecified atom stereocenters. The number of piperazine rings is 3. The first-order valence-electron chi connectivity index (χ1n) is 41.9. The fourth-order valence-electron chi connectivity index (χ4n) is 15.8. The number of amides is 1. The molecule has 0 aromatic heterocycles. The van der Waals surface area contributed by atoms with Crippen molar-refractivity contribution in [3.8, 4) is 5.75 Å². The fourth-order valence-corrected chi connectivity index (χ4v) is 18.0. The van der Waals surface area contributed by atoms with Crippen molar-refractivity contribution < 1.29 is 48.6 Å². The molecule has 119 heavy (non-hydrogen) atoms. The van der Waals surface area contributed by atoms with Gasteiger partial charge < -0.3 is 34.4 Å². The number of carbonyl (C=O) groups is 1. The quantitative estimate of drug-likeness (QED) is 0.0175. The lowest BCUT2D eigenvalue weighted by Gasteiger charge is -2.38. The van der Waals surface area contributed by atoms with E-state index in [1.54, 1.807) is 24.3 Å². The van der Waals surface area contributed by atoms with Crippen molar-refractivity contribution in [3.05, 3.63) is 287 Å². The van der Waals surface area contributed by atoms with E-state index in [0.717, 1.165) is 181 Å². The van der Waals surface area contributed by atoms with Gasteiger partial charge in [-0.05, 0) is 249 Å². The average molecular weight is 1670 g/mol. The van der Waals surface area contributed by atoms with E-state index in [1.165, 1.54) is 29.6 Å². The van der Waals surface area contributed by atoms with Crippen LogP contribution in [0.3, 0.4) is 0 Å². The molecule has 0 bridgehead atoms. The van der Waals surface area contributed by atoms with Gasteiger partial charge in [0, 0.05) is 145 Å². The van der Waals surface area contributed by atoms with Gasteiger partial charge in [-0.2, -0.15) is 16.8 Å². The van der Waals surface area contributed by atoms with Gasteiger partial charge in [0.2, 0.25) is 15.9 Å². The van der Waals surface area contributed by atoms with Crippen molar-refractivity contribution in [1.29, 1.82) is 0 Å². The number of carbonyl (C=O) groups excluding carboxylic acids is 1. The molecule has 1 aliphatic carbocycles. The highest BCUT2D eigenvalue weighted by atomic mass is 32.2. The number of aliphatic hydroxyl groups excluding tert-OH is 2. The van der Waals surface area contributed by atoms with Crippen molar-refractivity contribution in [3.63, 3.8) is 0 Å². The lowest BCUT2D eigenvalue weighted by molar-refractivity contribution is -0.114. The average Bonchev–Trinajstić information content (AvgIpc) is 1.34. The zero-order valence-electron chi connectivity index (χ0n) is 70.6. The van der Waals surface area contributed by atoms with Gasteiger partial charge in [0.1, 0.15) is 5.75 Å². The largest absolute Gasteiger partial charge is 0.396 e. The molecule has 632 valence electrons. The number of sulfonamides is 1. The molecular weight excluding hydrogens is 1550 g/mol. The first-order chi connectivity index (χ1) is 57.2. The zero-order valence-corrected chi connectivity index (χ0v) is 73.0. The third-order valence-electron chi connectivity index (χ3n) is 22.3. The van der Waals surface area contributed by atoms with Crippen LogP contribution in [0.1, 0.15) is 150 Å². The van der Waals surface area contributed by atoms with E-state index in [2.05, 4.69) is 214 Å². The van der Waals surface area contributed by atoms with Crippen LogP contribution in [-0.4, -0.2) is 190 Å². The number of hydrogen-bond acceptors (Lipinski definition) is 17. The Labute approximate surface area is 708 Å². The number of nitrogens with one attached hydrogen (secondary N) is 2. The highest BCUT2D eigenvalue weighted by Gasteiger charge is 2.38. The fraction of sp³-hybridized carbons (Fsp3) is 0.371. The maximum atomic E-state index is 12.4. The van der Waals surface area contributed by atoms with Gasteiger partial charge in [0.05, 0.1) is 24.4 Å². The Kier molecular flexibility index (Phi) is 32.5. The first kappa shape index (κ1) is 90.1. The molecule has 3 saturated heterocycles. The van der Waals surface area contributed by atoms with E-state index in [4.69, 9.17) is 8.37 Å². The van der Waals surface area contributed by atoms with Crippen LogP contribution in [0.2, 0.25) is 0 Å². The molecule has 19 nitrogen and oxygen atoms in total. The standard InChI is InChI=1S/C33H40N2O4S.C32H41N3O5S2.C32H39N3O2/c1-25(2)34-20-22-35(23-21-34)29-14-10-27(11-15-29)33(32(9-6-24-36)26-7-4-3-5-8-26)28-12-16-30(17-13-28)39-40(37,38)31-18-19-31;1-25(2)34-20-22-35(23-21-34)30-18-14-28(15-19-30)32(27-12-16-29(17-13-27)33-41(3,36)37)31(26-9-6-5-7-10-26)11-8-24-40-42(4,38)39;1-24(2)34-19-21-35(22-20-34)30-17-13-28(14-18-30)32(27-11-15-29(16-12-27)33-25(3)37)31(10-7-23-36)26-8-5-4-6-9-26/h3-5,7-8,10-17,25,31,36H,6,9,18-24H2,1-2H3;5-7,9-10,12-19,25,33H,8,11,20-24H2,1-4H3;4-6,8-9,11-18,24,36H,7,10,19-23H2,1-3H3,(H,33,37)/b33-32+;2*32-31-. The topological polar surface area (TPSA) is 222 Å². The maximum absolute atomic E-state index is 12.4. The van der Waals surface area contributed by atoms with Gasteiger partial charge in [0.15, 0.2) is 0 Å². The summed E-state index contributed by atoms with van der Waals surface area (Å²) in [7, 11) is -10.5. The molecule has 4 aliphatic rings. The summed E-state index contributed by atoms with van der Waals surface area (Å²) in [5, 5.41) is 21.9. The highest BCUT2D eigenvalue weighted by molar-refractivity contribution is 7.92. The molecule has 0 radical (unpaired) electrons. The number of anilines is 5. The molecule has 9 aromatic carbocycles. The third kappa shape index (κ3) is 26.4. The first-order valence-corrected chi connectivity index (χ1v) is 47.1. The number of nitrogens with zero attached hydrogens (tertiary/aromatic N) is 6. The van der Waals surface area contributed by atoms with Crippen LogP contribution < -0.4 is 28.9 Å². The summed E-state index contributed by atoms with van der Waals surface area (Å²) in [4.78, 5) is 26.4. The minimum absolute atomic E-state index is 0.0822. The number of aliphatic hydroxyl groups is 2. The maximum Gasteiger partial charge on any atom is 0.312 e. The predicted molar refractivity (Wildman–Crippen MR) is 491 cm³/mol. The van der Waals surface area contributed by atoms with Gasteiger partial charge in [-0.1, -0.05) is 164 Å². The second kappa shape index (κ2) is 43.0. The molecule has 1 saturated carbocycles. The van der Waals surface area contributed by atoms with Gasteiger partial charge in [0.25, 0.3) is 10.1 Å². The van der Waals surface area contributed by atoms with Crippen LogP contribution in [0.5, 0.6) is 5.75 Å². The Hall–Kier alpha value is -9.72. The minimum atomic E-state index is -3.57. The lowest BCUT2D eigenvalue weighted by atomic mass is 9.87. The predicted octanol–water partition coefficient (Wildman–Crippen LogP) is 17.0. The molecule has 0 atom stereocenters. The monoisotopic (exact) mass is 1670 g/mol. The Morgan fingerprint density at radius 2 is 0.681 bits per heavy atom. The van der Waals surface area contributed by atoms with Crippen LogP contribution >= 0.6 is 0 Å². The highest BCUT2D eigenvalue weighted by Crippen LogP contribution is 2.42. The summed E-state index contributed by atoms with van der Waals surface area (Å²) in [5.74, 6) is 0.253. The van der Waals surface area contributed by atoms with E-state index < -0.39 is 30.3 Å². The van der Waals surface area contributed by atoms with Crippen LogP contribution in [0, 0.1) is 0 Å². The van der Waals surface area contributed by atoms with E-state index in [9.17, 15) is 40.3 Å². The van der Waals surface area contributed by atoms with Crippen molar-refractivity contribution >= 4 is 98.0 Å². The van der Waals surface area contributed by atoms with Crippen molar-refractivity contribution in [2.45, 2.75) is 123 Å². The summed E-state index contributed by atoms with van der Waals surface area (Å²) in [6.45, 7) is 27.8. The summed E-state index contributed by atoms with van der Waals surface area (Å²) >= 11 is 0. The van der Waals surface area contributed by atoms with Crippen LogP contribution in [0.15, 0.2) is 237 Å². The molecule has 22 heteroatoms. The van der Waals surface area contributed by atoms with Gasteiger partial charge in [-0.25, -0.2) is 8.42 Å². The molecule has 3 heterocycles. The Morgan fingerprint density at radius 1 is 0.387 bits per heavy atom. The number of rotatable bonds is 32. The normalized spacial score (nSPS) is 15.9. The van der Waals surface area contributed by atoms with Gasteiger partial charge in [-0.3, -0.25) is 28.4 Å². The second-order valence-corrected chi connectivity index (χ2v) is 37.2. The Balaban J connectivity index is 0.000000175. The molecule has 13 rings (SSSR count). The number of benzene rings is 9. The summed E-state index contributed by atoms with van der Waals surface area (Å²) in [6.07, 6.45) is 7.42. The van der Waals surface area contributed by atoms with Crippen LogP contribution in [-0.2, 0) is 39.2 Å². The summed E-state index contributed by atoms with van der Waals surface area (Å²) in [6, 6.07) is 81.5. The molecule has 9 aromatic rings. The Morgan fingerprint density at radius 3 is 0.958 bits per heavy atom. The van der Waals surface area contributed by atoms with E-state index >= 15 is 0 Å². The van der Waals surface area contributed by atoms with Crippen LogP contribution in [0.4, 0.5) is 28.4 Å². The molecular formula is C97H120N8O11S3. The Bertz CT molecular complexity index is 5170. The molecule has 4 N–H and O–H groups in total. The summed E-state index contributed by atoms with van der Waals surface area (Å²) < 4.78 is 84.4. The summed E-state index contributed by atoms with van der Waals surface area (Å²) in [5.41, 5.74) is 21.1. The number of allylic oxidation sites excluding steroid dienone is 3. The van der Waals surface area contributed by atoms with E-state index in [1.807, 2.05) is 78.9 Å². The van der Waals surface area contributed by atoms with E-state index in [0.29, 0.717) is 74.5 Å². The smallest absolute Gasteiger partial charge is 0.312 e. The zero-order chi connectivity index (χ0) is 84.6. The second-order valence-electron chi connectivity index (χ2n) is 31.9. The minimum Gasteiger partial charge on any atom is -0.396 e. The van der Waals surface area contributed by atoms with Gasteiger partial charge in [-0.15, -0.1) is 0 Å². The molecule has 0 spiro atoms. The van der Waals surface area contributed by atoms with Crippen molar-refractivity contribution in [2.24, 2.45) is 0 Å². The molecule has 4 fully saturated rings. The SMILES string of the molecule is CC(=O)Nc1ccc(/C(=C(\CCCO)c2ccccc2)c2ccc(N3CCN(C(C)C)CC3)cc2)cc1.CC(C)N1CCN(c2ccc(/C(=C(/CCCO)c3ccccc3)c3ccc(OS(=O)(=O)C4CC4)cc3)cc2)CC1.CC(C)N1CCN(c2ccc(/C(=C(/CCCOS(C)(=O)=O)c3ccccc3)c3ccc(NS(C)(=O)=O)cc3)cc2)CC1. The molecule has 3 aliphatic heterocycles. The third-order valence-corrected chi connectivity index (χ3v) is 25.2. The van der Waals surface area contributed by atoms with E-state index in [-0.39, 0.29) is 31.0 Å².